The SMILES string of the molecule is CCCCNC(=O)C(c1cccc(O)c1)N(C(=O)C(CO)NC(=O)OC(C)(C)C)C1CC1C. The third kappa shape index (κ3) is 7.63. The number of unbranched alkanes of at least 4 members (excludes halogenated alkanes) is 1. The van der Waals surface area contributed by atoms with Crippen LogP contribution in [0.3, 0.4) is 0 Å². The third-order valence-corrected chi connectivity index (χ3v) is 5.39. The van der Waals surface area contributed by atoms with Crippen molar-refractivity contribution in [2.45, 2.75) is 77.6 Å². The smallest absolute Gasteiger partial charge is 0.408 e. The van der Waals surface area contributed by atoms with Crippen molar-refractivity contribution in [3.8, 4) is 5.75 Å². The lowest BCUT2D eigenvalue weighted by Crippen LogP contribution is -2.55. The number of carbonyl (C=O) groups excluding carboxylic acids is 3. The second-order valence-electron chi connectivity index (χ2n) is 9.55. The van der Waals surface area contributed by atoms with Gasteiger partial charge in [-0.05, 0) is 57.2 Å². The maximum absolute atomic E-state index is 13.6. The Hall–Kier alpha value is -2.81. The molecule has 1 aromatic rings. The molecular weight excluding hydrogens is 426 g/mol. The molecule has 0 heterocycles. The maximum Gasteiger partial charge on any atom is 0.408 e. The van der Waals surface area contributed by atoms with E-state index in [4.69, 9.17) is 4.74 Å². The summed E-state index contributed by atoms with van der Waals surface area (Å²) < 4.78 is 5.23. The van der Waals surface area contributed by atoms with Crippen molar-refractivity contribution >= 4 is 17.9 Å². The van der Waals surface area contributed by atoms with E-state index in [1.807, 2.05) is 13.8 Å². The first-order valence-electron chi connectivity index (χ1n) is 11.5. The van der Waals surface area contributed by atoms with Crippen LogP contribution in [0.1, 0.15) is 65.5 Å². The average Bonchev–Trinajstić information content (AvgIpc) is 3.44. The van der Waals surface area contributed by atoms with Crippen molar-refractivity contribution in [1.29, 1.82) is 0 Å². The van der Waals surface area contributed by atoms with Crippen LogP contribution in [0.4, 0.5) is 4.79 Å². The van der Waals surface area contributed by atoms with Gasteiger partial charge < -0.3 is 30.5 Å². The number of phenols is 1. The monoisotopic (exact) mass is 463 g/mol. The first-order valence-corrected chi connectivity index (χ1v) is 11.5. The van der Waals surface area contributed by atoms with Gasteiger partial charge in [0.25, 0.3) is 0 Å². The minimum Gasteiger partial charge on any atom is -0.508 e. The number of carbonyl (C=O) groups is 3. The summed E-state index contributed by atoms with van der Waals surface area (Å²) in [6.45, 7) is 8.85. The number of amides is 3. The summed E-state index contributed by atoms with van der Waals surface area (Å²) >= 11 is 0. The standard InChI is InChI=1S/C24H37N3O6/c1-6-7-11-25-21(30)20(16-9-8-10-17(29)13-16)27(19-12-15(19)2)22(31)18(14-28)26-23(32)33-24(3,4)5/h8-10,13,15,18-20,28-29H,6-7,11-12,14H2,1-5H3,(H,25,30)(H,26,32). The lowest BCUT2D eigenvalue weighted by atomic mass is 10.0. The van der Waals surface area contributed by atoms with Crippen molar-refractivity contribution in [2.24, 2.45) is 5.92 Å². The largest absolute Gasteiger partial charge is 0.508 e. The number of aromatic hydroxyl groups is 1. The number of hydrogen-bond donors (Lipinski definition) is 4. The molecule has 9 nitrogen and oxygen atoms in total. The molecule has 1 fully saturated rings. The van der Waals surface area contributed by atoms with Crippen LogP contribution < -0.4 is 10.6 Å². The van der Waals surface area contributed by atoms with Gasteiger partial charge >= 0.3 is 6.09 Å². The molecule has 4 N–H and O–H groups in total. The predicted molar refractivity (Wildman–Crippen MR) is 123 cm³/mol. The molecule has 1 aromatic carbocycles. The molecule has 0 bridgehead atoms. The quantitative estimate of drug-likeness (QED) is 0.395. The van der Waals surface area contributed by atoms with E-state index < -0.39 is 36.3 Å². The molecule has 9 heteroatoms. The minimum absolute atomic E-state index is 0.0271. The van der Waals surface area contributed by atoms with Gasteiger partial charge in [0, 0.05) is 12.6 Å². The average molecular weight is 464 g/mol. The fourth-order valence-electron chi connectivity index (χ4n) is 3.61. The molecule has 0 spiro atoms. The Labute approximate surface area is 195 Å². The number of aliphatic hydroxyl groups excluding tert-OH is 1. The number of alkyl carbamates (subject to hydrolysis) is 1. The van der Waals surface area contributed by atoms with Crippen LogP contribution in [0.2, 0.25) is 0 Å². The zero-order chi connectivity index (χ0) is 24.8. The van der Waals surface area contributed by atoms with Gasteiger partial charge in [0.15, 0.2) is 0 Å². The predicted octanol–water partition coefficient (Wildman–Crippen LogP) is 2.47. The third-order valence-electron chi connectivity index (χ3n) is 5.39. The summed E-state index contributed by atoms with van der Waals surface area (Å²) in [5.74, 6) is -0.842. The van der Waals surface area contributed by atoms with Gasteiger partial charge in [-0.15, -0.1) is 0 Å². The Morgan fingerprint density at radius 3 is 2.45 bits per heavy atom. The minimum atomic E-state index is -1.28. The highest BCUT2D eigenvalue weighted by Crippen LogP contribution is 2.41. The zero-order valence-electron chi connectivity index (χ0n) is 20.1. The number of nitrogens with zero attached hydrogens (tertiary/aromatic N) is 1. The molecule has 184 valence electrons. The van der Waals surface area contributed by atoms with Gasteiger partial charge in [-0.1, -0.05) is 32.4 Å². The Morgan fingerprint density at radius 1 is 1.27 bits per heavy atom. The second kappa shape index (κ2) is 11.4. The highest BCUT2D eigenvalue weighted by Gasteiger charge is 2.48. The van der Waals surface area contributed by atoms with E-state index in [-0.39, 0.29) is 23.6 Å². The van der Waals surface area contributed by atoms with Crippen LogP contribution in [0.15, 0.2) is 24.3 Å². The van der Waals surface area contributed by atoms with E-state index in [2.05, 4.69) is 10.6 Å². The van der Waals surface area contributed by atoms with Crippen molar-refractivity contribution < 1.29 is 29.3 Å². The summed E-state index contributed by atoms with van der Waals surface area (Å²) in [4.78, 5) is 40.6. The molecule has 2 rings (SSSR count). The van der Waals surface area contributed by atoms with Crippen molar-refractivity contribution in [1.82, 2.24) is 15.5 Å². The highest BCUT2D eigenvalue weighted by molar-refractivity contribution is 5.92. The summed E-state index contributed by atoms with van der Waals surface area (Å²) in [5, 5.41) is 25.2. The molecule has 0 aromatic heterocycles. The number of nitrogens with one attached hydrogen (secondary N) is 2. The normalized spacial score (nSPS) is 19.2. The van der Waals surface area contributed by atoms with Crippen LogP contribution >= 0.6 is 0 Å². The molecule has 4 unspecified atom stereocenters. The second-order valence-corrected chi connectivity index (χ2v) is 9.55. The van der Waals surface area contributed by atoms with E-state index >= 15 is 0 Å². The Balaban J connectivity index is 2.38. The van der Waals surface area contributed by atoms with Gasteiger partial charge in [-0.2, -0.15) is 0 Å². The van der Waals surface area contributed by atoms with Gasteiger partial charge in [-0.25, -0.2) is 4.79 Å². The lowest BCUT2D eigenvalue weighted by Gasteiger charge is -2.34. The number of hydrogen-bond acceptors (Lipinski definition) is 6. The van der Waals surface area contributed by atoms with E-state index in [9.17, 15) is 24.6 Å². The number of ether oxygens (including phenoxy) is 1. The van der Waals surface area contributed by atoms with Gasteiger partial charge in [0.05, 0.1) is 6.61 Å². The Bertz CT molecular complexity index is 838. The molecule has 1 aliphatic carbocycles. The van der Waals surface area contributed by atoms with Crippen LogP contribution in [-0.2, 0) is 14.3 Å². The van der Waals surface area contributed by atoms with E-state index in [1.54, 1.807) is 32.9 Å². The van der Waals surface area contributed by atoms with Gasteiger partial charge in [-0.3, -0.25) is 9.59 Å². The zero-order valence-corrected chi connectivity index (χ0v) is 20.1. The number of phenolic OH excluding ortho intramolecular Hbond substituents is 1. The molecule has 1 saturated carbocycles. The molecule has 0 aliphatic heterocycles. The topological polar surface area (TPSA) is 128 Å². The first-order chi connectivity index (χ1) is 15.5. The first kappa shape index (κ1) is 26.4. The lowest BCUT2D eigenvalue weighted by molar-refractivity contribution is -0.144. The highest BCUT2D eigenvalue weighted by atomic mass is 16.6. The van der Waals surface area contributed by atoms with E-state index in [0.29, 0.717) is 18.5 Å². The maximum atomic E-state index is 13.6. The summed E-state index contributed by atoms with van der Waals surface area (Å²) in [7, 11) is 0. The Kier molecular flexibility index (Phi) is 9.10. The van der Waals surface area contributed by atoms with Crippen LogP contribution in [-0.4, -0.2) is 63.9 Å². The van der Waals surface area contributed by atoms with Crippen molar-refractivity contribution in [3.05, 3.63) is 29.8 Å². The Morgan fingerprint density at radius 2 is 1.94 bits per heavy atom. The molecule has 33 heavy (non-hydrogen) atoms. The molecule has 4 atom stereocenters. The van der Waals surface area contributed by atoms with Crippen molar-refractivity contribution in [2.75, 3.05) is 13.2 Å². The van der Waals surface area contributed by atoms with Crippen LogP contribution in [0.5, 0.6) is 5.75 Å². The fraction of sp³-hybridized carbons (Fsp3) is 0.625. The molecule has 3 amide bonds. The van der Waals surface area contributed by atoms with Gasteiger partial charge in [0.1, 0.15) is 23.4 Å². The number of aliphatic hydroxyl groups is 1. The summed E-state index contributed by atoms with van der Waals surface area (Å²) in [5.41, 5.74) is -0.327. The van der Waals surface area contributed by atoms with Crippen LogP contribution in [0, 0.1) is 5.92 Å². The summed E-state index contributed by atoms with van der Waals surface area (Å²) in [6, 6.07) is 3.68. The molecule has 0 saturated heterocycles. The molecule has 0 radical (unpaired) electrons. The van der Waals surface area contributed by atoms with Gasteiger partial charge in [0.2, 0.25) is 11.8 Å². The van der Waals surface area contributed by atoms with E-state index in [1.165, 1.54) is 17.0 Å². The molecular formula is C24H37N3O6. The van der Waals surface area contributed by atoms with Crippen molar-refractivity contribution in [3.63, 3.8) is 0 Å². The summed E-state index contributed by atoms with van der Waals surface area (Å²) in [6.07, 6.45) is 1.53. The number of rotatable bonds is 10. The fourth-order valence-corrected chi connectivity index (χ4v) is 3.61. The van der Waals surface area contributed by atoms with E-state index in [0.717, 1.165) is 12.8 Å². The number of benzene rings is 1. The molecule has 1 aliphatic rings. The van der Waals surface area contributed by atoms with Crippen LogP contribution in [0.25, 0.3) is 0 Å².